The van der Waals surface area contributed by atoms with E-state index in [2.05, 4.69) is 11.8 Å². The van der Waals surface area contributed by atoms with Gasteiger partial charge < -0.3 is 33.2 Å². The van der Waals surface area contributed by atoms with Gasteiger partial charge in [0.1, 0.15) is 23.0 Å². The molecule has 0 aromatic heterocycles. The summed E-state index contributed by atoms with van der Waals surface area (Å²) in [5.41, 5.74) is 1.98. The highest BCUT2D eigenvalue weighted by Gasteiger charge is 2.43. The first-order valence-electron chi connectivity index (χ1n) is 10.9. The van der Waals surface area contributed by atoms with Crippen molar-refractivity contribution in [2.45, 2.75) is 19.1 Å². The highest BCUT2D eigenvalue weighted by molar-refractivity contribution is 5.61. The number of nitrogens with zero attached hydrogens (tertiary/aromatic N) is 1. The predicted molar refractivity (Wildman–Crippen MR) is 116 cm³/mol. The third-order valence-corrected chi connectivity index (χ3v) is 6.53. The third-order valence-electron chi connectivity index (χ3n) is 6.53. The molecule has 0 spiro atoms. The highest BCUT2D eigenvalue weighted by atomic mass is 16.7. The van der Waals surface area contributed by atoms with Crippen LogP contribution in [-0.4, -0.2) is 65.6 Å². The van der Waals surface area contributed by atoms with Crippen LogP contribution in [0.25, 0.3) is 0 Å². The smallest absolute Gasteiger partial charge is 0.231 e. The van der Waals surface area contributed by atoms with Crippen LogP contribution in [0.1, 0.15) is 24.0 Å². The van der Waals surface area contributed by atoms with Gasteiger partial charge in [0, 0.05) is 54.3 Å². The van der Waals surface area contributed by atoms with E-state index in [0.29, 0.717) is 36.2 Å². The molecule has 0 bridgehead atoms. The van der Waals surface area contributed by atoms with Crippen LogP contribution < -0.4 is 28.4 Å². The molecule has 0 amide bonds. The van der Waals surface area contributed by atoms with Crippen molar-refractivity contribution < 1.29 is 33.2 Å². The molecule has 0 saturated carbocycles. The number of morpholine rings is 1. The molecule has 3 heterocycles. The standard InChI is InChI=1S/C24H29NO7/c1-14-22(23-20(27-3)9-15(26-2)10-21(23)28-4)16-11-18-19(31-13-30-18)12-17(16)32-24(14)25-5-7-29-8-6-25/h9-12,14,22,24H,5-8,13H2,1-4H3/t14-,22+,24-/m0/s1. The van der Waals surface area contributed by atoms with Crippen LogP contribution in [0.15, 0.2) is 24.3 Å². The summed E-state index contributed by atoms with van der Waals surface area (Å²) in [5.74, 6) is 4.35. The number of fused-ring (bicyclic) bond motifs is 2. The summed E-state index contributed by atoms with van der Waals surface area (Å²) < 4.78 is 40.6. The van der Waals surface area contributed by atoms with E-state index in [1.165, 1.54) is 0 Å². The Hall–Kier alpha value is -2.84. The maximum atomic E-state index is 6.58. The molecule has 32 heavy (non-hydrogen) atoms. The molecule has 3 aliphatic rings. The van der Waals surface area contributed by atoms with Gasteiger partial charge in [0.25, 0.3) is 0 Å². The fraction of sp³-hybridized carbons (Fsp3) is 0.500. The van der Waals surface area contributed by atoms with Gasteiger partial charge in [0.05, 0.1) is 34.5 Å². The molecule has 3 atom stereocenters. The minimum Gasteiger partial charge on any atom is -0.496 e. The first-order chi connectivity index (χ1) is 15.6. The fourth-order valence-electron chi connectivity index (χ4n) is 4.97. The van der Waals surface area contributed by atoms with E-state index in [4.69, 9.17) is 33.2 Å². The Kier molecular flexibility index (Phi) is 5.65. The maximum absolute atomic E-state index is 6.58. The van der Waals surface area contributed by atoms with Crippen molar-refractivity contribution in [3.05, 3.63) is 35.4 Å². The molecule has 2 aromatic rings. The number of methoxy groups -OCH3 is 3. The average molecular weight is 443 g/mol. The topological polar surface area (TPSA) is 67.9 Å². The summed E-state index contributed by atoms with van der Waals surface area (Å²) in [6, 6.07) is 7.76. The molecular weight excluding hydrogens is 414 g/mol. The summed E-state index contributed by atoms with van der Waals surface area (Å²) in [4.78, 5) is 2.34. The normalized spacial score (nSPS) is 24.4. The van der Waals surface area contributed by atoms with E-state index in [9.17, 15) is 0 Å². The average Bonchev–Trinajstić information content (AvgIpc) is 3.29. The molecule has 1 saturated heterocycles. The molecule has 0 radical (unpaired) electrons. The second-order valence-corrected chi connectivity index (χ2v) is 8.18. The largest absolute Gasteiger partial charge is 0.496 e. The van der Waals surface area contributed by atoms with Crippen LogP contribution in [0.2, 0.25) is 0 Å². The van der Waals surface area contributed by atoms with Crippen molar-refractivity contribution >= 4 is 0 Å². The third kappa shape index (κ3) is 3.47. The zero-order chi connectivity index (χ0) is 22.2. The van der Waals surface area contributed by atoms with Gasteiger partial charge in [0.2, 0.25) is 6.79 Å². The summed E-state index contributed by atoms with van der Waals surface area (Å²) in [6.07, 6.45) is -0.131. The molecule has 2 aromatic carbocycles. The van der Waals surface area contributed by atoms with Crippen molar-refractivity contribution in [3.8, 4) is 34.5 Å². The van der Waals surface area contributed by atoms with Crippen LogP contribution in [-0.2, 0) is 4.74 Å². The minimum absolute atomic E-state index is 0.0584. The van der Waals surface area contributed by atoms with Crippen molar-refractivity contribution in [1.82, 2.24) is 4.90 Å². The Morgan fingerprint density at radius 1 is 0.844 bits per heavy atom. The molecular formula is C24H29NO7. The Balaban J connectivity index is 1.68. The molecule has 0 N–H and O–H groups in total. The summed E-state index contributed by atoms with van der Waals surface area (Å²) >= 11 is 0. The predicted octanol–water partition coefficient (Wildman–Crippen LogP) is 3.26. The molecule has 1 fully saturated rings. The Morgan fingerprint density at radius 2 is 1.50 bits per heavy atom. The number of hydrogen-bond donors (Lipinski definition) is 0. The van der Waals surface area contributed by atoms with Crippen molar-refractivity contribution in [3.63, 3.8) is 0 Å². The Morgan fingerprint density at radius 3 is 2.12 bits per heavy atom. The number of rotatable bonds is 5. The minimum atomic E-state index is -0.131. The second kappa shape index (κ2) is 8.60. The van der Waals surface area contributed by atoms with Gasteiger partial charge >= 0.3 is 0 Å². The van der Waals surface area contributed by atoms with Crippen molar-refractivity contribution in [2.24, 2.45) is 5.92 Å². The number of hydrogen-bond acceptors (Lipinski definition) is 8. The van der Waals surface area contributed by atoms with Gasteiger partial charge in [-0.2, -0.15) is 0 Å². The SMILES string of the molecule is COc1cc(OC)c([C@H]2c3cc4c(cc3O[C@H](N3CCOCC3)[C@H]2C)OCO4)c(OC)c1. The van der Waals surface area contributed by atoms with E-state index in [-0.39, 0.29) is 24.9 Å². The summed E-state index contributed by atoms with van der Waals surface area (Å²) in [6.45, 7) is 5.44. The van der Waals surface area contributed by atoms with Crippen molar-refractivity contribution in [2.75, 3.05) is 54.4 Å². The number of benzene rings is 2. The molecule has 0 unspecified atom stereocenters. The van der Waals surface area contributed by atoms with E-state index in [1.54, 1.807) is 21.3 Å². The monoisotopic (exact) mass is 443 g/mol. The molecule has 8 heteroatoms. The lowest BCUT2D eigenvalue weighted by atomic mass is 9.77. The van der Waals surface area contributed by atoms with Gasteiger partial charge in [-0.3, -0.25) is 4.90 Å². The van der Waals surface area contributed by atoms with Crippen LogP contribution in [0.4, 0.5) is 0 Å². The molecule has 5 rings (SSSR count). The Labute approximate surface area is 187 Å². The second-order valence-electron chi connectivity index (χ2n) is 8.18. The summed E-state index contributed by atoms with van der Waals surface area (Å²) in [5, 5.41) is 0. The first kappa shape index (κ1) is 21.0. The summed E-state index contributed by atoms with van der Waals surface area (Å²) in [7, 11) is 4.97. The molecule has 0 aliphatic carbocycles. The first-order valence-corrected chi connectivity index (χ1v) is 10.9. The van der Waals surface area contributed by atoms with Crippen LogP contribution in [0.3, 0.4) is 0 Å². The quantitative estimate of drug-likeness (QED) is 0.698. The van der Waals surface area contributed by atoms with E-state index in [1.807, 2.05) is 24.3 Å². The lowest BCUT2D eigenvalue weighted by Crippen LogP contribution is -2.52. The lowest BCUT2D eigenvalue weighted by Gasteiger charge is -2.44. The molecule has 8 nitrogen and oxygen atoms in total. The van der Waals surface area contributed by atoms with Gasteiger partial charge in [0.15, 0.2) is 17.7 Å². The van der Waals surface area contributed by atoms with Crippen molar-refractivity contribution in [1.29, 1.82) is 0 Å². The van der Waals surface area contributed by atoms with E-state index >= 15 is 0 Å². The molecule has 3 aliphatic heterocycles. The lowest BCUT2D eigenvalue weighted by molar-refractivity contribution is -0.0786. The maximum Gasteiger partial charge on any atom is 0.231 e. The molecule has 172 valence electrons. The van der Waals surface area contributed by atoms with Crippen LogP contribution >= 0.6 is 0 Å². The number of ether oxygens (including phenoxy) is 7. The van der Waals surface area contributed by atoms with Gasteiger partial charge in [-0.1, -0.05) is 6.92 Å². The highest BCUT2D eigenvalue weighted by Crippen LogP contribution is 2.53. The van der Waals surface area contributed by atoms with Gasteiger partial charge in [-0.25, -0.2) is 0 Å². The zero-order valence-electron chi connectivity index (χ0n) is 18.9. The van der Waals surface area contributed by atoms with Crippen LogP contribution in [0.5, 0.6) is 34.5 Å². The van der Waals surface area contributed by atoms with Crippen LogP contribution in [0, 0.1) is 5.92 Å². The zero-order valence-corrected chi connectivity index (χ0v) is 18.9. The fourth-order valence-corrected chi connectivity index (χ4v) is 4.97. The van der Waals surface area contributed by atoms with E-state index in [0.717, 1.165) is 35.7 Å². The van der Waals surface area contributed by atoms with Gasteiger partial charge in [-0.15, -0.1) is 0 Å². The van der Waals surface area contributed by atoms with Gasteiger partial charge in [-0.05, 0) is 6.07 Å². The van der Waals surface area contributed by atoms with E-state index < -0.39 is 0 Å². The Bertz CT molecular complexity index is 964.